The van der Waals surface area contributed by atoms with Crippen LogP contribution in [0.1, 0.15) is 36.8 Å². The normalized spacial score (nSPS) is 23.3. The van der Waals surface area contributed by atoms with E-state index in [1.165, 1.54) is 0 Å². The van der Waals surface area contributed by atoms with E-state index in [4.69, 9.17) is 5.26 Å². The standard InChI is InChI=1S/C15H17F3N2/c16-15(17,18)13-5-2-6-14(8-13)20-10-12-4-1-3-11(7-12)9-19/h1,3-4,7,13-14,20H,2,5-6,8,10H2. The van der Waals surface area contributed by atoms with Crippen molar-refractivity contribution in [3.63, 3.8) is 0 Å². The van der Waals surface area contributed by atoms with Crippen molar-refractivity contribution in [2.75, 3.05) is 0 Å². The molecular formula is C15H17F3N2. The van der Waals surface area contributed by atoms with Gasteiger partial charge in [-0.15, -0.1) is 0 Å². The Bertz CT molecular complexity index is 491. The largest absolute Gasteiger partial charge is 0.391 e. The molecule has 0 amide bonds. The molecule has 1 fully saturated rings. The van der Waals surface area contributed by atoms with Gasteiger partial charge in [-0.3, -0.25) is 0 Å². The first-order chi connectivity index (χ1) is 9.49. The van der Waals surface area contributed by atoms with Gasteiger partial charge in [0.25, 0.3) is 0 Å². The van der Waals surface area contributed by atoms with E-state index in [0.717, 1.165) is 12.0 Å². The van der Waals surface area contributed by atoms with Gasteiger partial charge in [0.2, 0.25) is 0 Å². The van der Waals surface area contributed by atoms with Gasteiger partial charge in [0, 0.05) is 12.6 Å². The lowest BCUT2D eigenvalue weighted by molar-refractivity contribution is -0.183. The SMILES string of the molecule is N#Cc1cccc(CNC2CCCC(C(F)(F)F)C2)c1. The minimum Gasteiger partial charge on any atom is -0.310 e. The highest BCUT2D eigenvalue weighted by atomic mass is 19.4. The van der Waals surface area contributed by atoms with Gasteiger partial charge in [-0.1, -0.05) is 18.6 Å². The second kappa shape index (κ2) is 6.27. The fourth-order valence-corrected chi connectivity index (χ4v) is 2.69. The molecule has 0 radical (unpaired) electrons. The van der Waals surface area contributed by atoms with Crippen LogP contribution in [-0.2, 0) is 6.54 Å². The maximum Gasteiger partial charge on any atom is 0.391 e. The summed E-state index contributed by atoms with van der Waals surface area (Å²) in [5.74, 6) is -1.18. The number of nitriles is 1. The average Bonchev–Trinajstić information content (AvgIpc) is 2.45. The van der Waals surface area contributed by atoms with E-state index >= 15 is 0 Å². The van der Waals surface area contributed by atoms with Gasteiger partial charge < -0.3 is 5.32 Å². The quantitative estimate of drug-likeness (QED) is 0.916. The van der Waals surface area contributed by atoms with Gasteiger partial charge >= 0.3 is 6.18 Å². The molecule has 5 heteroatoms. The van der Waals surface area contributed by atoms with Crippen LogP contribution in [0.25, 0.3) is 0 Å². The zero-order chi connectivity index (χ0) is 14.6. The lowest BCUT2D eigenvalue weighted by atomic mass is 9.85. The summed E-state index contributed by atoms with van der Waals surface area (Å²) in [5.41, 5.74) is 1.50. The third-order valence-corrected chi connectivity index (χ3v) is 3.79. The van der Waals surface area contributed by atoms with Crippen molar-refractivity contribution in [3.05, 3.63) is 35.4 Å². The van der Waals surface area contributed by atoms with E-state index in [-0.39, 0.29) is 18.9 Å². The predicted octanol–water partition coefficient (Wildman–Crippen LogP) is 3.77. The maximum atomic E-state index is 12.7. The van der Waals surface area contributed by atoms with Gasteiger partial charge in [-0.25, -0.2) is 0 Å². The molecule has 108 valence electrons. The molecule has 1 aromatic carbocycles. The Morgan fingerprint density at radius 3 is 2.80 bits per heavy atom. The van der Waals surface area contributed by atoms with Crippen LogP contribution >= 0.6 is 0 Å². The minimum atomic E-state index is -4.08. The van der Waals surface area contributed by atoms with Gasteiger partial charge in [0.15, 0.2) is 0 Å². The van der Waals surface area contributed by atoms with E-state index in [1.807, 2.05) is 6.07 Å². The number of alkyl halides is 3. The zero-order valence-corrected chi connectivity index (χ0v) is 11.1. The van der Waals surface area contributed by atoms with Crippen molar-refractivity contribution in [1.82, 2.24) is 5.32 Å². The molecule has 0 aromatic heterocycles. The molecule has 2 nitrogen and oxygen atoms in total. The van der Waals surface area contributed by atoms with Crippen LogP contribution in [0.4, 0.5) is 13.2 Å². The molecule has 2 rings (SSSR count). The Balaban J connectivity index is 1.89. The number of rotatable bonds is 3. The van der Waals surface area contributed by atoms with E-state index in [9.17, 15) is 13.2 Å². The second-order valence-corrected chi connectivity index (χ2v) is 5.30. The highest BCUT2D eigenvalue weighted by molar-refractivity contribution is 5.32. The van der Waals surface area contributed by atoms with Crippen molar-refractivity contribution >= 4 is 0 Å². The Morgan fingerprint density at radius 1 is 1.30 bits per heavy atom. The first kappa shape index (κ1) is 14.9. The third kappa shape index (κ3) is 3.97. The topological polar surface area (TPSA) is 35.8 Å². The highest BCUT2D eigenvalue weighted by Crippen LogP contribution is 2.37. The molecule has 0 spiro atoms. The Labute approximate surface area is 116 Å². The first-order valence-corrected chi connectivity index (χ1v) is 6.78. The third-order valence-electron chi connectivity index (χ3n) is 3.79. The molecule has 20 heavy (non-hydrogen) atoms. The molecule has 0 heterocycles. The first-order valence-electron chi connectivity index (χ1n) is 6.78. The molecule has 1 aromatic rings. The summed E-state index contributed by atoms with van der Waals surface area (Å²) in [6.45, 7) is 0.505. The van der Waals surface area contributed by atoms with Crippen LogP contribution in [-0.4, -0.2) is 12.2 Å². The van der Waals surface area contributed by atoms with Crippen molar-refractivity contribution in [2.45, 2.75) is 44.4 Å². The van der Waals surface area contributed by atoms with Gasteiger partial charge in [-0.05, 0) is 37.0 Å². The summed E-state index contributed by atoms with van der Waals surface area (Å²) in [5, 5.41) is 12.0. The molecule has 2 unspecified atom stereocenters. The van der Waals surface area contributed by atoms with Crippen LogP contribution in [0.15, 0.2) is 24.3 Å². The smallest absolute Gasteiger partial charge is 0.310 e. The summed E-state index contributed by atoms with van der Waals surface area (Å²) < 4.78 is 38.1. The fourth-order valence-electron chi connectivity index (χ4n) is 2.69. The van der Waals surface area contributed by atoms with Crippen molar-refractivity contribution in [2.24, 2.45) is 5.92 Å². The number of benzene rings is 1. The molecule has 2 atom stereocenters. The van der Waals surface area contributed by atoms with Gasteiger partial charge in [0.1, 0.15) is 0 Å². The number of hydrogen-bond acceptors (Lipinski definition) is 2. The van der Waals surface area contributed by atoms with E-state index in [2.05, 4.69) is 11.4 Å². The molecule has 0 bridgehead atoms. The minimum absolute atomic E-state index is 0.0962. The summed E-state index contributed by atoms with van der Waals surface area (Å²) in [6.07, 6.45) is -2.29. The number of halogens is 3. The van der Waals surface area contributed by atoms with Crippen molar-refractivity contribution < 1.29 is 13.2 Å². The molecule has 1 aliphatic carbocycles. The molecule has 1 saturated carbocycles. The van der Waals surface area contributed by atoms with E-state index in [1.54, 1.807) is 18.2 Å². The number of nitrogens with one attached hydrogen (secondary N) is 1. The molecule has 0 saturated heterocycles. The maximum absolute atomic E-state index is 12.7. The lowest BCUT2D eigenvalue weighted by Gasteiger charge is -2.31. The number of hydrogen-bond donors (Lipinski definition) is 1. The predicted molar refractivity (Wildman–Crippen MR) is 69.8 cm³/mol. The van der Waals surface area contributed by atoms with Gasteiger partial charge in [0.05, 0.1) is 17.6 Å². The summed E-state index contributed by atoms with van der Waals surface area (Å²) in [6, 6.07) is 9.09. The second-order valence-electron chi connectivity index (χ2n) is 5.30. The molecule has 0 aliphatic heterocycles. The monoisotopic (exact) mass is 282 g/mol. The van der Waals surface area contributed by atoms with Crippen LogP contribution in [0.5, 0.6) is 0 Å². The summed E-state index contributed by atoms with van der Waals surface area (Å²) in [7, 11) is 0. The van der Waals surface area contributed by atoms with Crippen molar-refractivity contribution in [3.8, 4) is 6.07 Å². The van der Waals surface area contributed by atoms with Crippen LogP contribution in [0.2, 0.25) is 0 Å². The van der Waals surface area contributed by atoms with E-state index in [0.29, 0.717) is 18.5 Å². The fraction of sp³-hybridized carbons (Fsp3) is 0.533. The van der Waals surface area contributed by atoms with Crippen LogP contribution < -0.4 is 5.32 Å². The average molecular weight is 282 g/mol. The van der Waals surface area contributed by atoms with Gasteiger partial charge in [-0.2, -0.15) is 18.4 Å². The molecule has 1 aliphatic rings. The van der Waals surface area contributed by atoms with E-state index < -0.39 is 12.1 Å². The Morgan fingerprint density at radius 2 is 2.10 bits per heavy atom. The Kier molecular flexibility index (Phi) is 4.66. The van der Waals surface area contributed by atoms with Crippen LogP contribution in [0.3, 0.4) is 0 Å². The molecule has 1 N–H and O–H groups in total. The highest BCUT2D eigenvalue weighted by Gasteiger charge is 2.41. The Hall–Kier alpha value is -1.54. The van der Waals surface area contributed by atoms with Crippen LogP contribution in [0, 0.1) is 17.2 Å². The number of nitrogens with zero attached hydrogens (tertiary/aromatic N) is 1. The summed E-state index contributed by atoms with van der Waals surface area (Å²) in [4.78, 5) is 0. The lowest BCUT2D eigenvalue weighted by Crippen LogP contribution is -2.38. The van der Waals surface area contributed by atoms with Crippen molar-refractivity contribution in [1.29, 1.82) is 5.26 Å². The molecular weight excluding hydrogens is 265 g/mol. The zero-order valence-electron chi connectivity index (χ0n) is 11.1. The summed E-state index contributed by atoms with van der Waals surface area (Å²) >= 11 is 0.